The van der Waals surface area contributed by atoms with Crippen LogP contribution in [0.1, 0.15) is 15.9 Å². The molecular formula is C29H28N2O5S. The van der Waals surface area contributed by atoms with E-state index in [1.165, 1.54) is 12.1 Å². The second-order valence-corrected chi connectivity index (χ2v) is 9.91. The van der Waals surface area contributed by atoms with E-state index in [2.05, 4.69) is 10.0 Å². The molecule has 0 heterocycles. The molecule has 0 saturated heterocycles. The third-order valence-electron chi connectivity index (χ3n) is 5.45. The molecule has 0 aliphatic carbocycles. The number of ether oxygens (including phenoxy) is 2. The van der Waals surface area contributed by atoms with Crippen molar-refractivity contribution in [3.8, 4) is 11.5 Å². The molecule has 2 N–H and O–H groups in total. The standard InChI is InChI=1S/C29H28N2O5S/c32-29(24-11-15-27(16-12-24)36-22-21-35-26-9-5-2-6-10-26)31-25-13-17-28(18-14-25)37(33,34)30-20-19-23-7-3-1-4-8-23/h1-18,30H,19-22H2,(H,31,32). The van der Waals surface area contributed by atoms with Crippen LogP contribution in [0.15, 0.2) is 114 Å². The molecule has 190 valence electrons. The molecule has 0 atom stereocenters. The van der Waals surface area contributed by atoms with Gasteiger partial charge in [0.2, 0.25) is 10.0 Å². The molecule has 0 unspecified atom stereocenters. The van der Waals surface area contributed by atoms with Crippen LogP contribution in [0.3, 0.4) is 0 Å². The summed E-state index contributed by atoms with van der Waals surface area (Å²) in [4.78, 5) is 12.7. The summed E-state index contributed by atoms with van der Waals surface area (Å²) < 4.78 is 39.0. The molecule has 0 fully saturated rings. The van der Waals surface area contributed by atoms with E-state index in [-0.39, 0.29) is 10.8 Å². The minimum atomic E-state index is -3.64. The third kappa shape index (κ3) is 7.93. The number of benzene rings is 4. The number of hydrogen-bond donors (Lipinski definition) is 2. The van der Waals surface area contributed by atoms with E-state index in [4.69, 9.17) is 9.47 Å². The molecule has 4 aromatic rings. The fraction of sp³-hybridized carbons (Fsp3) is 0.138. The average molecular weight is 517 g/mol. The average Bonchev–Trinajstić information content (AvgIpc) is 2.93. The van der Waals surface area contributed by atoms with Gasteiger partial charge in [0.1, 0.15) is 24.7 Å². The Morgan fingerprint density at radius 1 is 0.676 bits per heavy atom. The van der Waals surface area contributed by atoms with Gasteiger partial charge in [-0.1, -0.05) is 48.5 Å². The van der Waals surface area contributed by atoms with Crippen LogP contribution >= 0.6 is 0 Å². The molecule has 0 spiro atoms. The van der Waals surface area contributed by atoms with Gasteiger partial charge in [-0.2, -0.15) is 0 Å². The van der Waals surface area contributed by atoms with Crippen molar-refractivity contribution in [1.82, 2.24) is 4.72 Å². The topological polar surface area (TPSA) is 93.7 Å². The summed E-state index contributed by atoms with van der Waals surface area (Å²) in [5.41, 5.74) is 2.00. The first-order valence-electron chi connectivity index (χ1n) is 11.9. The van der Waals surface area contributed by atoms with Gasteiger partial charge in [-0.05, 0) is 72.6 Å². The zero-order valence-electron chi connectivity index (χ0n) is 20.2. The van der Waals surface area contributed by atoms with E-state index in [9.17, 15) is 13.2 Å². The normalized spacial score (nSPS) is 11.0. The third-order valence-corrected chi connectivity index (χ3v) is 6.93. The number of anilines is 1. The molecule has 4 rings (SSSR count). The van der Waals surface area contributed by atoms with Crippen molar-refractivity contribution in [3.63, 3.8) is 0 Å². The largest absolute Gasteiger partial charge is 0.490 e. The Morgan fingerprint density at radius 3 is 1.86 bits per heavy atom. The highest BCUT2D eigenvalue weighted by atomic mass is 32.2. The number of carbonyl (C=O) groups excluding carboxylic acids is 1. The highest BCUT2D eigenvalue weighted by Gasteiger charge is 2.14. The monoisotopic (exact) mass is 516 g/mol. The van der Waals surface area contributed by atoms with Crippen LogP contribution in [-0.4, -0.2) is 34.1 Å². The lowest BCUT2D eigenvalue weighted by atomic mass is 10.2. The number of hydrogen-bond acceptors (Lipinski definition) is 5. The fourth-order valence-corrected chi connectivity index (χ4v) is 4.55. The predicted octanol–water partition coefficient (Wildman–Crippen LogP) is 4.92. The molecule has 0 aromatic heterocycles. The Labute approximate surface area is 217 Å². The van der Waals surface area contributed by atoms with Gasteiger partial charge in [0.15, 0.2) is 0 Å². The van der Waals surface area contributed by atoms with Gasteiger partial charge in [0.25, 0.3) is 5.91 Å². The van der Waals surface area contributed by atoms with Crippen molar-refractivity contribution in [2.45, 2.75) is 11.3 Å². The second kappa shape index (κ2) is 12.7. The van der Waals surface area contributed by atoms with E-state index in [0.717, 1.165) is 11.3 Å². The highest BCUT2D eigenvalue weighted by Crippen LogP contribution is 2.17. The maximum absolute atomic E-state index is 12.6. The minimum Gasteiger partial charge on any atom is -0.490 e. The van der Waals surface area contributed by atoms with Gasteiger partial charge < -0.3 is 14.8 Å². The molecule has 0 saturated carbocycles. The summed E-state index contributed by atoms with van der Waals surface area (Å²) >= 11 is 0. The first-order valence-corrected chi connectivity index (χ1v) is 13.3. The first kappa shape index (κ1) is 25.9. The molecule has 0 radical (unpaired) electrons. The summed E-state index contributed by atoms with van der Waals surface area (Å²) in [6.07, 6.45) is 0.597. The van der Waals surface area contributed by atoms with Crippen LogP contribution in [0.2, 0.25) is 0 Å². The predicted molar refractivity (Wildman–Crippen MR) is 144 cm³/mol. The zero-order chi connectivity index (χ0) is 25.9. The van der Waals surface area contributed by atoms with Gasteiger partial charge in [-0.15, -0.1) is 0 Å². The fourth-order valence-electron chi connectivity index (χ4n) is 3.52. The van der Waals surface area contributed by atoms with Gasteiger partial charge in [-0.3, -0.25) is 4.79 Å². The Kier molecular flexibility index (Phi) is 8.91. The highest BCUT2D eigenvalue weighted by molar-refractivity contribution is 7.89. The summed E-state index contributed by atoms with van der Waals surface area (Å²) in [6, 6.07) is 32.0. The maximum atomic E-state index is 12.6. The number of amides is 1. The maximum Gasteiger partial charge on any atom is 0.255 e. The summed E-state index contributed by atoms with van der Waals surface area (Å²) in [6.45, 7) is 1.07. The molecule has 0 bridgehead atoms. The van der Waals surface area contributed by atoms with Crippen LogP contribution in [0.4, 0.5) is 5.69 Å². The number of sulfonamides is 1. The smallest absolute Gasteiger partial charge is 0.255 e. The van der Waals surface area contributed by atoms with E-state index in [1.54, 1.807) is 36.4 Å². The van der Waals surface area contributed by atoms with Gasteiger partial charge in [0, 0.05) is 17.8 Å². The Morgan fingerprint density at radius 2 is 1.24 bits per heavy atom. The lowest BCUT2D eigenvalue weighted by Crippen LogP contribution is -2.26. The SMILES string of the molecule is O=C(Nc1ccc(S(=O)(=O)NCCc2ccccc2)cc1)c1ccc(OCCOc2ccccc2)cc1. The summed E-state index contributed by atoms with van der Waals surface area (Å²) in [5, 5.41) is 2.78. The lowest BCUT2D eigenvalue weighted by Gasteiger charge is -2.10. The Bertz CT molecular complexity index is 1380. The summed E-state index contributed by atoms with van der Waals surface area (Å²) in [5.74, 6) is 1.10. The van der Waals surface area contributed by atoms with Crippen LogP contribution in [0.25, 0.3) is 0 Å². The van der Waals surface area contributed by atoms with E-state index >= 15 is 0 Å². The van der Waals surface area contributed by atoms with E-state index < -0.39 is 10.0 Å². The molecule has 0 aliphatic heterocycles. The van der Waals surface area contributed by atoms with Gasteiger partial charge in [0.05, 0.1) is 4.90 Å². The van der Waals surface area contributed by atoms with E-state index in [0.29, 0.717) is 43.2 Å². The molecule has 1 amide bonds. The molecular weight excluding hydrogens is 488 g/mol. The first-order chi connectivity index (χ1) is 18.0. The van der Waals surface area contributed by atoms with Crippen molar-refractivity contribution in [1.29, 1.82) is 0 Å². The van der Waals surface area contributed by atoms with Crippen molar-refractivity contribution >= 4 is 21.6 Å². The molecule has 8 heteroatoms. The molecule has 37 heavy (non-hydrogen) atoms. The van der Waals surface area contributed by atoms with Crippen molar-refractivity contribution < 1.29 is 22.7 Å². The quantitative estimate of drug-likeness (QED) is 0.261. The van der Waals surface area contributed by atoms with Crippen molar-refractivity contribution in [3.05, 3.63) is 120 Å². The van der Waals surface area contributed by atoms with E-state index in [1.807, 2.05) is 60.7 Å². The zero-order valence-corrected chi connectivity index (χ0v) is 21.0. The lowest BCUT2D eigenvalue weighted by molar-refractivity contribution is 0.102. The van der Waals surface area contributed by atoms with Crippen LogP contribution < -0.4 is 19.5 Å². The number of nitrogens with one attached hydrogen (secondary N) is 2. The second-order valence-electron chi connectivity index (χ2n) is 8.15. The van der Waals surface area contributed by atoms with Gasteiger partial charge >= 0.3 is 0 Å². The molecule has 0 aliphatic rings. The molecule has 7 nitrogen and oxygen atoms in total. The van der Waals surface area contributed by atoms with Crippen molar-refractivity contribution in [2.75, 3.05) is 25.1 Å². The number of para-hydroxylation sites is 1. The van der Waals surface area contributed by atoms with Crippen LogP contribution in [0, 0.1) is 0 Å². The van der Waals surface area contributed by atoms with Crippen LogP contribution in [-0.2, 0) is 16.4 Å². The van der Waals surface area contributed by atoms with Gasteiger partial charge in [-0.25, -0.2) is 13.1 Å². The number of rotatable bonds is 12. The minimum absolute atomic E-state index is 0.135. The Balaban J connectivity index is 1.23. The number of carbonyl (C=O) groups is 1. The molecule has 4 aromatic carbocycles. The Hall–Kier alpha value is -4.14. The summed E-state index contributed by atoms with van der Waals surface area (Å²) in [7, 11) is -3.64. The van der Waals surface area contributed by atoms with Crippen LogP contribution in [0.5, 0.6) is 11.5 Å². The van der Waals surface area contributed by atoms with Crippen molar-refractivity contribution in [2.24, 2.45) is 0 Å².